The number of nitro benzene ring substituents is 1. The largest absolute Gasteiger partial charge is 0.466 e. The van der Waals surface area contributed by atoms with Crippen LogP contribution in [-0.2, 0) is 16.0 Å². The standard InChI is InChI=1S/C15H19ClN2O6/c1-11(19)24-9-3-2-7-17(15(20)21)8-6-12-4-5-13(16)10-14(12)18(22)23/h4-5,10H,2-3,6-9H2,1H3,(H,20,21). The van der Waals surface area contributed by atoms with Crippen LogP contribution < -0.4 is 0 Å². The van der Waals surface area contributed by atoms with Crippen molar-refractivity contribution in [2.45, 2.75) is 26.2 Å². The Bertz CT molecular complexity index is 608. The van der Waals surface area contributed by atoms with Crippen LogP contribution in [0.25, 0.3) is 0 Å². The maximum Gasteiger partial charge on any atom is 0.407 e. The molecule has 0 aromatic heterocycles. The van der Waals surface area contributed by atoms with Crippen molar-refractivity contribution in [1.82, 2.24) is 4.90 Å². The van der Waals surface area contributed by atoms with Gasteiger partial charge in [0.05, 0.1) is 11.5 Å². The molecular weight excluding hydrogens is 340 g/mol. The molecule has 1 rings (SSSR count). The highest BCUT2D eigenvalue weighted by Gasteiger charge is 2.17. The third-order valence-corrected chi connectivity index (χ3v) is 3.53. The van der Waals surface area contributed by atoms with Gasteiger partial charge in [0, 0.05) is 36.7 Å². The third-order valence-electron chi connectivity index (χ3n) is 3.29. The van der Waals surface area contributed by atoms with Crippen molar-refractivity contribution in [3.05, 3.63) is 38.9 Å². The number of esters is 1. The lowest BCUT2D eigenvalue weighted by Crippen LogP contribution is -2.32. The number of carbonyl (C=O) groups is 2. The van der Waals surface area contributed by atoms with E-state index in [1.165, 1.54) is 30.0 Å². The van der Waals surface area contributed by atoms with Gasteiger partial charge in [-0.05, 0) is 25.3 Å². The molecule has 24 heavy (non-hydrogen) atoms. The molecular formula is C15H19ClN2O6. The number of nitrogens with zero attached hydrogens (tertiary/aromatic N) is 2. The molecule has 0 spiro atoms. The van der Waals surface area contributed by atoms with Crippen molar-refractivity contribution in [2.24, 2.45) is 0 Å². The average molecular weight is 359 g/mol. The SMILES string of the molecule is CC(=O)OCCCCN(CCc1ccc(Cl)cc1[N+](=O)[O-])C(=O)O. The second-order valence-electron chi connectivity index (χ2n) is 5.10. The van der Waals surface area contributed by atoms with Crippen molar-refractivity contribution in [1.29, 1.82) is 0 Å². The van der Waals surface area contributed by atoms with Crippen molar-refractivity contribution in [2.75, 3.05) is 19.7 Å². The van der Waals surface area contributed by atoms with E-state index in [0.717, 1.165) is 0 Å². The van der Waals surface area contributed by atoms with Gasteiger partial charge in [0.15, 0.2) is 0 Å². The number of hydrogen-bond donors (Lipinski definition) is 1. The summed E-state index contributed by atoms with van der Waals surface area (Å²) >= 11 is 5.75. The number of carboxylic acid groups (broad SMARTS) is 1. The highest BCUT2D eigenvalue weighted by Crippen LogP contribution is 2.23. The second kappa shape index (κ2) is 9.71. The lowest BCUT2D eigenvalue weighted by molar-refractivity contribution is -0.385. The van der Waals surface area contributed by atoms with E-state index in [4.69, 9.17) is 16.3 Å². The van der Waals surface area contributed by atoms with E-state index >= 15 is 0 Å². The molecule has 132 valence electrons. The summed E-state index contributed by atoms with van der Waals surface area (Å²) in [6, 6.07) is 4.32. The Hall–Kier alpha value is -2.35. The molecule has 1 aromatic carbocycles. The summed E-state index contributed by atoms with van der Waals surface area (Å²) in [5, 5.41) is 20.5. The summed E-state index contributed by atoms with van der Waals surface area (Å²) in [5.74, 6) is -0.375. The average Bonchev–Trinajstić information content (AvgIpc) is 2.50. The number of carbonyl (C=O) groups excluding carboxylic acids is 1. The summed E-state index contributed by atoms with van der Waals surface area (Å²) in [5.41, 5.74) is 0.304. The summed E-state index contributed by atoms with van der Waals surface area (Å²) in [6.07, 6.45) is 0.190. The molecule has 1 N–H and O–H groups in total. The van der Waals surface area contributed by atoms with Gasteiger partial charge < -0.3 is 14.7 Å². The molecule has 0 atom stereocenters. The molecule has 0 aliphatic heterocycles. The molecule has 0 saturated carbocycles. The van der Waals surface area contributed by atoms with E-state index in [1.807, 2.05) is 0 Å². The zero-order valence-corrected chi connectivity index (χ0v) is 14.0. The Kier molecular flexibility index (Phi) is 7.97. The summed E-state index contributed by atoms with van der Waals surface area (Å²) in [6.45, 7) is 1.94. The smallest absolute Gasteiger partial charge is 0.407 e. The predicted molar refractivity (Wildman–Crippen MR) is 87.3 cm³/mol. The zero-order valence-electron chi connectivity index (χ0n) is 13.2. The first-order chi connectivity index (χ1) is 11.3. The fourth-order valence-corrected chi connectivity index (χ4v) is 2.26. The monoisotopic (exact) mass is 358 g/mol. The maximum absolute atomic E-state index is 11.3. The van der Waals surface area contributed by atoms with Crippen molar-refractivity contribution >= 4 is 29.4 Å². The molecule has 0 radical (unpaired) electrons. The van der Waals surface area contributed by atoms with Crippen LogP contribution in [0.2, 0.25) is 5.02 Å². The number of ether oxygens (including phenoxy) is 1. The van der Waals surface area contributed by atoms with Crippen LogP contribution in [0, 0.1) is 10.1 Å². The van der Waals surface area contributed by atoms with Crippen molar-refractivity contribution in [3.63, 3.8) is 0 Å². The molecule has 9 heteroatoms. The lowest BCUT2D eigenvalue weighted by Gasteiger charge is -2.19. The van der Waals surface area contributed by atoms with Gasteiger partial charge in [0.25, 0.3) is 5.69 Å². The Morgan fingerprint density at radius 3 is 2.62 bits per heavy atom. The number of amides is 1. The number of hydrogen-bond acceptors (Lipinski definition) is 5. The molecule has 1 aromatic rings. The van der Waals surface area contributed by atoms with E-state index in [2.05, 4.69) is 0 Å². The quantitative estimate of drug-likeness (QED) is 0.314. The van der Waals surface area contributed by atoms with Crippen LogP contribution in [0.3, 0.4) is 0 Å². The number of benzene rings is 1. The van der Waals surface area contributed by atoms with E-state index in [9.17, 15) is 24.8 Å². The minimum absolute atomic E-state index is 0.123. The minimum atomic E-state index is -1.10. The summed E-state index contributed by atoms with van der Waals surface area (Å²) in [7, 11) is 0. The predicted octanol–water partition coefficient (Wildman–Crippen LogP) is 3.11. The Balaban J connectivity index is 2.56. The van der Waals surface area contributed by atoms with E-state index in [-0.39, 0.29) is 42.8 Å². The van der Waals surface area contributed by atoms with E-state index < -0.39 is 11.0 Å². The Labute approximate surface area is 144 Å². The topological polar surface area (TPSA) is 110 Å². The first-order valence-electron chi connectivity index (χ1n) is 7.35. The molecule has 0 saturated heterocycles. The fraction of sp³-hybridized carbons (Fsp3) is 0.467. The fourth-order valence-electron chi connectivity index (χ4n) is 2.10. The number of halogens is 1. The van der Waals surface area contributed by atoms with Crippen molar-refractivity contribution in [3.8, 4) is 0 Å². The highest BCUT2D eigenvalue weighted by molar-refractivity contribution is 6.30. The zero-order chi connectivity index (χ0) is 18.1. The molecule has 0 fully saturated rings. The van der Waals surface area contributed by atoms with Gasteiger partial charge in [-0.2, -0.15) is 0 Å². The van der Waals surface area contributed by atoms with Crippen LogP contribution in [0.4, 0.5) is 10.5 Å². The van der Waals surface area contributed by atoms with Crippen LogP contribution >= 0.6 is 11.6 Å². The maximum atomic E-state index is 11.3. The van der Waals surface area contributed by atoms with Gasteiger partial charge in [-0.3, -0.25) is 14.9 Å². The molecule has 1 amide bonds. The first kappa shape index (κ1) is 19.7. The molecule has 0 unspecified atom stereocenters. The highest BCUT2D eigenvalue weighted by atomic mass is 35.5. The molecule has 0 aliphatic carbocycles. The molecule has 0 heterocycles. The lowest BCUT2D eigenvalue weighted by atomic mass is 10.1. The van der Waals surface area contributed by atoms with Crippen molar-refractivity contribution < 1.29 is 24.4 Å². The normalized spacial score (nSPS) is 10.2. The molecule has 8 nitrogen and oxygen atoms in total. The third kappa shape index (κ3) is 6.82. The Morgan fingerprint density at radius 1 is 1.33 bits per heavy atom. The van der Waals surface area contributed by atoms with Crippen LogP contribution in [0.1, 0.15) is 25.3 Å². The van der Waals surface area contributed by atoms with Gasteiger partial charge >= 0.3 is 12.1 Å². The van der Waals surface area contributed by atoms with Gasteiger partial charge in [0.1, 0.15) is 0 Å². The first-order valence-corrected chi connectivity index (χ1v) is 7.73. The Morgan fingerprint density at radius 2 is 2.04 bits per heavy atom. The number of rotatable bonds is 9. The number of nitro groups is 1. The van der Waals surface area contributed by atoms with E-state index in [0.29, 0.717) is 18.4 Å². The minimum Gasteiger partial charge on any atom is -0.466 e. The molecule has 0 bridgehead atoms. The molecule has 0 aliphatic rings. The van der Waals surface area contributed by atoms with Gasteiger partial charge in [0.2, 0.25) is 0 Å². The summed E-state index contributed by atoms with van der Waals surface area (Å²) in [4.78, 5) is 33.6. The second-order valence-corrected chi connectivity index (χ2v) is 5.53. The number of unbranched alkanes of at least 4 members (excludes halogenated alkanes) is 1. The van der Waals surface area contributed by atoms with Gasteiger partial charge in [-0.15, -0.1) is 0 Å². The van der Waals surface area contributed by atoms with E-state index in [1.54, 1.807) is 0 Å². The van der Waals surface area contributed by atoms with Crippen LogP contribution in [0.15, 0.2) is 18.2 Å². The van der Waals surface area contributed by atoms with Gasteiger partial charge in [-0.25, -0.2) is 4.79 Å². The van der Waals surface area contributed by atoms with Gasteiger partial charge in [-0.1, -0.05) is 17.7 Å². The van der Waals surface area contributed by atoms with Crippen LogP contribution in [-0.4, -0.2) is 46.7 Å². The summed E-state index contributed by atoms with van der Waals surface area (Å²) < 4.78 is 4.77. The van der Waals surface area contributed by atoms with Crippen LogP contribution in [0.5, 0.6) is 0 Å².